The van der Waals surface area contributed by atoms with Gasteiger partial charge in [0, 0.05) is 6.42 Å². The summed E-state index contributed by atoms with van der Waals surface area (Å²) in [5.74, 6) is 1.03. The fourth-order valence-corrected chi connectivity index (χ4v) is 6.28. The van der Waals surface area contributed by atoms with Gasteiger partial charge in [0.15, 0.2) is 0 Å². The summed E-state index contributed by atoms with van der Waals surface area (Å²) in [5, 5.41) is 0. The molecule has 0 aromatic heterocycles. The quantitative estimate of drug-likeness (QED) is 0.0438. The molecule has 0 radical (unpaired) electrons. The number of aryl methyl sites for hydroxylation is 1. The third kappa shape index (κ3) is 26.6. The maximum atomic E-state index is 12.6. The van der Waals surface area contributed by atoms with Crippen molar-refractivity contribution >= 4 is 12.1 Å². The number of unbranched alkanes of at least 4 members (excludes halogenated alkanes) is 18. The van der Waals surface area contributed by atoms with Gasteiger partial charge in [0.2, 0.25) is 0 Å². The number of carbonyl (C=O) groups is 2. The molecule has 0 aliphatic carbocycles. The van der Waals surface area contributed by atoms with Gasteiger partial charge < -0.3 is 14.2 Å². The zero-order valence-electron chi connectivity index (χ0n) is 31.3. The zero-order valence-corrected chi connectivity index (χ0v) is 31.3. The van der Waals surface area contributed by atoms with E-state index in [1.807, 2.05) is 31.2 Å². The Bertz CT molecular complexity index is 851. The SMILES string of the molecule is CCCCCCCCCCCCC(CCCCCCCCC(=O)OCC(CCCC)CCCCCC)OC(=O)Oc1ccc(C)cc1. The predicted molar refractivity (Wildman–Crippen MR) is 198 cm³/mol. The molecule has 1 rings (SSSR count). The van der Waals surface area contributed by atoms with Gasteiger partial charge in [-0.3, -0.25) is 4.79 Å². The number of carbonyl (C=O) groups excluding carboxylic acids is 2. The second kappa shape index (κ2) is 31.2. The lowest BCUT2D eigenvalue weighted by Crippen LogP contribution is -2.21. The highest BCUT2D eigenvalue weighted by atomic mass is 16.7. The van der Waals surface area contributed by atoms with Crippen molar-refractivity contribution in [1.82, 2.24) is 0 Å². The van der Waals surface area contributed by atoms with E-state index in [1.165, 1.54) is 109 Å². The van der Waals surface area contributed by atoms with Crippen molar-refractivity contribution in [2.24, 2.45) is 5.92 Å². The van der Waals surface area contributed by atoms with Crippen molar-refractivity contribution in [2.45, 2.75) is 207 Å². The van der Waals surface area contributed by atoms with Gasteiger partial charge in [-0.1, -0.05) is 160 Å². The summed E-state index contributed by atoms with van der Waals surface area (Å²) in [5.41, 5.74) is 1.13. The van der Waals surface area contributed by atoms with Crippen LogP contribution in [-0.2, 0) is 14.3 Å². The van der Waals surface area contributed by atoms with Crippen LogP contribution in [0.5, 0.6) is 5.75 Å². The fraction of sp³-hybridized carbons (Fsp3) is 0.810. The van der Waals surface area contributed by atoms with Gasteiger partial charge in [0.1, 0.15) is 11.9 Å². The highest BCUT2D eigenvalue weighted by Gasteiger charge is 2.16. The van der Waals surface area contributed by atoms with Crippen LogP contribution < -0.4 is 4.74 Å². The monoisotopic (exact) mass is 659 g/mol. The van der Waals surface area contributed by atoms with Gasteiger partial charge in [-0.05, 0) is 69.9 Å². The van der Waals surface area contributed by atoms with E-state index < -0.39 is 6.16 Å². The lowest BCUT2D eigenvalue weighted by Gasteiger charge is -2.18. The lowest BCUT2D eigenvalue weighted by atomic mass is 9.96. The average Bonchev–Trinajstić information content (AvgIpc) is 3.06. The molecule has 0 aliphatic rings. The van der Waals surface area contributed by atoms with E-state index in [0.717, 1.165) is 63.4 Å². The molecule has 0 amide bonds. The Morgan fingerprint density at radius 3 is 1.55 bits per heavy atom. The number of hydrogen-bond acceptors (Lipinski definition) is 5. The Morgan fingerprint density at radius 2 is 1.00 bits per heavy atom. The smallest absolute Gasteiger partial charge is 0.465 e. The van der Waals surface area contributed by atoms with Crippen molar-refractivity contribution < 1.29 is 23.8 Å². The minimum absolute atomic E-state index is 0.0236. The van der Waals surface area contributed by atoms with Crippen molar-refractivity contribution in [3.05, 3.63) is 29.8 Å². The van der Waals surface area contributed by atoms with E-state index in [9.17, 15) is 9.59 Å². The highest BCUT2D eigenvalue weighted by molar-refractivity contribution is 5.69. The molecule has 0 bridgehead atoms. The van der Waals surface area contributed by atoms with Crippen molar-refractivity contribution in [1.29, 1.82) is 0 Å². The third-order valence-corrected chi connectivity index (χ3v) is 9.43. The molecule has 0 saturated heterocycles. The van der Waals surface area contributed by atoms with Crippen molar-refractivity contribution in [3.63, 3.8) is 0 Å². The predicted octanol–water partition coefficient (Wildman–Crippen LogP) is 13.6. The second-order valence-corrected chi connectivity index (χ2v) is 14.1. The molecule has 5 nitrogen and oxygen atoms in total. The molecule has 1 aromatic carbocycles. The largest absolute Gasteiger partial charge is 0.514 e. The van der Waals surface area contributed by atoms with E-state index >= 15 is 0 Å². The van der Waals surface area contributed by atoms with Gasteiger partial charge >= 0.3 is 12.1 Å². The molecule has 0 N–H and O–H groups in total. The van der Waals surface area contributed by atoms with Crippen LogP contribution in [0.4, 0.5) is 4.79 Å². The van der Waals surface area contributed by atoms with Crippen LogP contribution in [0.1, 0.15) is 200 Å². The summed E-state index contributed by atoms with van der Waals surface area (Å²) in [6.07, 6.45) is 30.9. The molecule has 47 heavy (non-hydrogen) atoms. The number of rotatable bonds is 32. The number of ether oxygens (including phenoxy) is 3. The van der Waals surface area contributed by atoms with Gasteiger partial charge in [-0.15, -0.1) is 0 Å². The minimum atomic E-state index is -0.592. The van der Waals surface area contributed by atoms with Gasteiger partial charge in [-0.25, -0.2) is 4.79 Å². The molecule has 2 atom stereocenters. The number of esters is 1. The van der Waals surface area contributed by atoms with Gasteiger partial charge in [-0.2, -0.15) is 0 Å². The van der Waals surface area contributed by atoms with E-state index in [0.29, 0.717) is 24.7 Å². The topological polar surface area (TPSA) is 61.8 Å². The second-order valence-electron chi connectivity index (χ2n) is 14.1. The first-order valence-corrected chi connectivity index (χ1v) is 20.1. The number of hydrogen-bond donors (Lipinski definition) is 0. The Morgan fingerprint density at radius 1 is 0.553 bits per heavy atom. The van der Waals surface area contributed by atoms with Crippen LogP contribution in [0.25, 0.3) is 0 Å². The van der Waals surface area contributed by atoms with Gasteiger partial charge in [0.25, 0.3) is 0 Å². The standard InChI is InChI=1S/C42H74O5/c1-5-8-11-13-14-15-16-17-20-24-29-39(46-42(44)47-40-34-32-37(4)33-35-40)30-25-21-18-19-22-26-31-41(43)45-36-38(27-10-7-3)28-23-12-9-6-2/h32-35,38-39H,5-31,36H2,1-4H3. The summed E-state index contributed by atoms with van der Waals surface area (Å²) in [7, 11) is 0. The summed E-state index contributed by atoms with van der Waals surface area (Å²) in [4.78, 5) is 24.9. The van der Waals surface area contributed by atoms with Crippen LogP contribution in [0.3, 0.4) is 0 Å². The number of benzene rings is 1. The van der Waals surface area contributed by atoms with E-state index in [1.54, 1.807) is 0 Å². The van der Waals surface area contributed by atoms with Crippen LogP contribution in [0, 0.1) is 12.8 Å². The van der Waals surface area contributed by atoms with Crippen LogP contribution in [0.15, 0.2) is 24.3 Å². The first-order chi connectivity index (χ1) is 23.0. The van der Waals surface area contributed by atoms with Crippen molar-refractivity contribution in [3.8, 4) is 5.75 Å². The molecular weight excluding hydrogens is 584 g/mol. The zero-order chi connectivity index (χ0) is 34.2. The molecule has 0 heterocycles. The molecule has 272 valence electrons. The van der Waals surface area contributed by atoms with E-state index in [2.05, 4.69) is 20.8 Å². The summed E-state index contributed by atoms with van der Waals surface area (Å²) < 4.78 is 17.0. The summed E-state index contributed by atoms with van der Waals surface area (Å²) >= 11 is 0. The Balaban J connectivity index is 2.28. The lowest BCUT2D eigenvalue weighted by molar-refractivity contribution is -0.145. The van der Waals surface area contributed by atoms with Crippen LogP contribution in [-0.4, -0.2) is 24.8 Å². The molecule has 0 fully saturated rings. The Labute approximate surface area is 290 Å². The molecular formula is C42H74O5. The molecule has 2 unspecified atom stereocenters. The maximum Gasteiger partial charge on any atom is 0.514 e. The molecule has 0 aliphatic heterocycles. The van der Waals surface area contributed by atoms with Crippen molar-refractivity contribution in [2.75, 3.05) is 6.61 Å². The van der Waals surface area contributed by atoms with E-state index in [-0.39, 0.29) is 12.1 Å². The summed E-state index contributed by atoms with van der Waals surface area (Å²) in [6, 6.07) is 7.50. The maximum absolute atomic E-state index is 12.6. The van der Waals surface area contributed by atoms with Gasteiger partial charge in [0.05, 0.1) is 6.61 Å². The first kappa shape index (κ1) is 43.0. The van der Waals surface area contributed by atoms with E-state index in [4.69, 9.17) is 14.2 Å². The third-order valence-electron chi connectivity index (χ3n) is 9.43. The fourth-order valence-electron chi connectivity index (χ4n) is 6.28. The first-order valence-electron chi connectivity index (χ1n) is 20.1. The average molecular weight is 659 g/mol. The molecule has 0 saturated carbocycles. The summed E-state index contributed by atoms with van der Waals surface area (Å²) in [6.45, 7) is 9.36. The molecule has 1 aromatic rings. The van der Waals surface area contributed by atoms with Crippen LogP contribution >= 0.6 is 0 Å². The minimum Gasteiger partial charge on any atom is -0.465 e. The van der Waals surface area contributed by atoms with Crippen LogP contribution in [0.2, 0.25) is 0 Å². The molecule has 5 heteroatoms. The Kier molecular flexibility index (Phi) is 28.6. The highest BCUT2D eigenvalue weighted by Crippen LogP contribution is 2.21. The normalized spacial score (nSPS) is 12.5. The molecule has 0 spiro atoms. The Hall–Kier alpha value is -2.04.